The zero-order valence-corrected chi connectivity index (χ0v) is 26.2. The van der Waals surface area contributed by atoms with Gasteiger partial charge in [-0.05, 0) is 74.6 Å². The number of nitriles is 1. The number of esters is 1. The van der Waals surface area contributed by atoms with Crippen molar-refractivity contribution in [3.8, 4) is 29.1 Å². The van der Waals surface area contributed by atoms with Crippen LogP contribution >= 0.6 is 0 Å². The van der Waals surface area contributed by atoms with E-state index in [0.29, 0.717) is 29.9 Å². The molecule has 5 atom stereocenters. The minimum atomic E-state index is -0.549. The van der Waals surface area contributed by atoms with Gasteiger partial charge in [-0.3, -0.25) is 9.80 Å². The van der Waals surface area contributed by atoms with Gasteiger partial charge < -0.3 is 24.1 Å². The van der Waals surface area contributed by atoms with E-state index in [9.17, 15) is 15.2 Å². The third kappa shape index (κ3) is 4.46. The highest BCUT2D eigenvalue weighted by Gasteiger charge is 2.56. The number of benzene rings is 3. The second kappa shape index (κ2) is 11.1. The predicted molar refractivity (Wildman–Crippen MR) is 167 cm³/mol. The van der Waals surface area contributed by atoms with Crippen LogP contribution in [-0.2, 0) is 22.4 Å². The molecule has 7 rings (SSSR count). The molecule has 1 N–H and O–H groups in total. The van der Waals surface area contributed by atoms with E-state index >= 15 is 0 Å². The van der Waals surface area contributed by atoms with Gasteiger partial charge in [-0.25, -0.2) is 4.79 Å². The molecule has 1 unspecified atom stereocenters. The molecule has 0 radical (unpaired) electrons. The number of carbonyl (C=O) groups is 1. The van der Waals surface area contributed by atoms with E-state index in [1.165, 1.54) is 17.2 Å². The predicted octanol–water partition coefficient (Wildman–Crippen LogP) is 5.08. The molecule has 4 heterocycles. The van der Waals surface area contributed by atoms with E-state index in [2.05, 4.69) is 42.8 Å². The summed E-state index contributed by atoms with van der Waals surface area (Å²) in [5, 5.41) is 22.4. The summed E-state index contributed by atoms with van der Waals surface area (Å²) in [7, 11) is 3.79. The maximum absolute atomic E-state index is 13.1. The van der Waals surface area contributed by atoms with Crippen LogP contribution in [0, 0.1) is 32.1 Å². The van der Waals surface area contributed by atoms with E-state index in [1.54, 1.807) is 13.2 Å². The third-order valence-electron chi connectivity index (χ3n) is 10.2. The Balaban J connectivity index is 1.36. The quantitative estimate of drug-likeness (QED) is 0.314. The summed E-state index contributed by atoms with van der Waals surface area (Å²) in [5.74, 6) is 1.57. The number of ether oxygens (including phenoxy) is 4. The van der Waals surface area contributed by atoms with Crippen LogP contribution in [0.15, 0.2) is 42.5 Å². The summed E-state index contributed by atoms with van der Waals surface area (Å²) in [6.45, 7) is 6.00. The number of hydrogen-bond donors (Lipinski definition) is 1. The first kappa shape index (κ1) is 29.2. The molecule has 45 heavy (non-hydrogen) atoms. The van der Waals surface area contributed by atoms with Crippen molar-refractivity contribution in [2.75, 3.05) is 27.6 Å². The van der Waals surface area contributed by atoms with E-state index in [4.69, 9.17) is 18.9 Å². The lowest BCUT2D eigenvalue weighted by molar-refractivity contribution is -0.143. The lowest BCUT2D eigenvalue weighted by Crippen LogP contribution is -2.68. The maximum Gasteiger partial charge on any atom is 0.330 e. The van der Waals surface area contributed by atoms with Crippen LogP contribution < -0.4 is 14.2 Å². The Bertz CT molecular complexity index is 1760. The van der Waals surface area contributed by atoms with Crippen molar-refractivity contribution < 1.29 is 28.8 Å². The number of phenolic OH excluding ortho intramolecular Hbond substituents is 1. The molecule has 0 amide bonds. The normalized spacial score (nSPS) is 24.8. The number of likely N-dealkylation sites (N-methyl/N-ethyl adjacent to an activating group) is 1. The Hall–Kier alpha value is -4.52. The summed E-state index contributed by atoms with van der Waals surface area (Å²) in [6.07, 6.45) is 4.32. The first-order valence-corrected chi connectivity index (χ1v) is 15.3. The maximum atomic E-state index is 13.1. The van der Waals surface area contributed by atoms with Gasteiger partial charge in [-0.15, -0.1) is 0 Å². The Labute approximate surface area is 263 Å². The number of piperazine rings is 1. The summed E-state index contributed by atoms with van der Waals surface area (Å²) in [5.41, 5.74) is 7.56. The minimum Gasteiger partial charge on any atom is -0.507 e. The molecule has 1 fully saturated rings. The van der Waals surface area contributed by atoms with Crippen molar-refractivity contribution in [1.29, 1.82) is 5.26 Å². The average Bonchev–Trinajstić information content (AvgIpc) is 3.53. The largest absolute Gasteiger partial charge is 0.507 e. The summed E-state index contributed by atoms with van der Waals surface area (Å²) in [6, 6.07) is 12.9. The van der Waals surface area contributed by atoms with E-state index < -0.39 is 18.1 Å². The summed E-state index contributed by atoms with van der Waals surface area (Å²) in [4.78, 5) is 17.6. The summed E-state index contributed by atoms with van der Waals surface area (Å²) < 4.78 is 23.6. The van der Waals surface area contributed by atoms with Gasteiger partial charge in [0.15, 0.2) is 11.5 Å². The van der Waals surface area contributed by atoms with Crippen LogP contribution in [0.25, 0.3) is 6.08 Å². The number of aromatic hydroxyl groups is 1. The number of fused-ring (bicyclic) bond motifs is 9. The average molecular weight is 608 g/mol. The molecule has 4 aliphatic rings. The molecule has 0 aromatic heterocycles. The molecule has 9 nitrogen and oxygen atoms in total. The molecular weight excluding hydrogens is 570 g/mol. The zero-order chi connectivity index (χ0) is 31.6. The second-order valence-corrected chi connectivity index (χ2v) is 12.4. The van der Waals surface area contributed by atoms with Gasteiger partial charge in [0.05, 0.1) is 25.3 Å². The van der Waals surface area contributed by atoms with Gasteiger partial charge in [0, 0.05) is 34.9 Å². The van der Waals surface area contributed by atoms with Crippen LogP contribution in [-0.4, -0.2) is 66.6 Å². The topological polar surface area (TPSA) is 104 Å². The van der Waals surface area contributed by atoms with Crippen LogP contribution in [0.5, 0.6) is 23.0 Å². The lowest BCUT2D eigenvalue weighted by atomic mass is 9.71. The molecule has 9 heteroatoms. The molecular formula is C36H37N3O6. The highest BCUT2D eigenvalue weighted by molar-refractivity contribution is 5.87. The number of hydrogen-bond acceptors (Lipinski definition) is 9. The Morgan fingerprint density at radius 3 is 2.58 bits per heavy atom. The number of methoxy groups -OCH3 is 1. The highest BCUT2D eigenvalue weighted by atomic mass is 16.7. The van der Waals surface area contributed by atoms with E-state index in [-0.39, 0.29) is 37.3 Å². The molecule has 232 valence electrons. The second-order valence-electron chi connectivity index (χ2n) is 12.4. The van der Waals surface area contributed by atoms with Crippen molar-refractivity contribution in [2.45, 2.75) is 63.8 Å². The Kier molecular flexibility index (Phi) is 7.22. The minimum absolute atomic E-state index is 0.0237. The van der Waals surface area contributed by atoms with Crippen LogP contribution in [0.1, 0.15) is 56.6 Å². The lowest BCUT2D eigenvalue weighted by Gasteiger charge is -2.60. The molecule has 1 saturated heterocycles. The molecule has 2 bridgehead atoms. The Morgan fingerprint density at radius 1 is 1.09 bits per heavy atom. The van der Waals surface area contributed by atoms with Crippen molar-refractivity contribution in [3.63, 3.8) is 0 Å². The van der Waals surface area contributed by atoms with Crippen molar-refractivity contribution >= 4 is 12.0 Å². The van der Waals surface area contributed by atoms with Crippen molar-refractivity contribution in [2.24, 2.45) is 0 Å². The van der Waals surface area contributed by atoms with Crippen LogP contribution in [0.3, 0.4) is 0 Å². The number of nitrogens with zero attached hydrogens (tertiary/aromatic N) is 3. The summed E-state index contributed by atoms with van der Waals surface area (Å²) >= 11 is 0. The first-order chi connectivity index (χ1) is 21.7. The monoisotopic (exact) mass is 607 g/mol. The SMILES string of the molecule is COc1c(C)cc2c(c1C)[C@@H]1C3Cc4c(O)c(C)c5c(c4[C@H](COC(=O)/C=C/c4ccccc4)N3[C@@H](C#N)[C@H](C2)N1C)OCO5. The third-order valence-corrected chi connectivity index (χ3v) is 10.2. The number of carbonyl (C=O) groups excluding carboxylic acids is 1. The molecule has 0 saturated carbocycles. The first-order valence-electron chi connectivity index (χ1n) is 15.3. The van der Waals surface area contributed by atoms with Gasteiger partial charge in [0.2, 0.25) is 6.79 Å². The van der Waals surface area contributed by atoms with Crippen LogP contribution in [0.2, 0.25) is 0 Å². The molecule has 0 aliphatic carbocycles. The fourth-order valence-corrected chi connectivity index (χ4v) is 8.28. The molecule has 4 aliphatic heterocycles. The van der Waals surface area contributed by atoms with Crippen molar-refractivity contribution in [3.05, 3.63) is 87.0 Å². The standard InChI is InChI=1S/C36H37N3O6/c1-19-13-23-14-25-27(16-37)39-26(32(38(25)4)30(23)20(2)34(19)42-5)15-24-31(36-35(44-18-45-36)21(3)33(24)41)28(39)17-43-29(40)12-11-22-9-7-6-8-10-22/h6-13,25-28,32,41H,14-15,17-18H2,1-5H3/b12-11+/t25-,26?,27-,28-,32-/m0/s1. The van der Waals surface area contributed by atoms with Crippen LogP contribution in [0.4, 0.5) is 0 Å². The van der Waals surface area contributed by atoms with Gasteiger partial charge in [0.1, 0.15) is 24.1 Å². The fourth-order valence-electron chi connectivity index (χ4n) is 8.28. The molecule has 3 aromatic rings. The van der Waals surface area contributed by atoms with Gasteiger partial charge in [-0.1, -0.05) is 36.4 Å². The van der Waals surface area contributed by atoms with Gasteiger partial charge >= 0.3 is 5.97 Å². The molecule has 3 aromatic carbocycles. The van der Waals surface area contributed by atoms with Gasteiger partial charge in [-0.2, -0.15) is 5.26 Å². The highest BCUT2D eigenvalue weighted by Crippen LogP contribution is 2.57. The number of rotatable bonds is 5. The number of phenols is 1. The van der Waals surface area contributed by atoms with E-state index in [0.717, 1.165) is 33.6 Å². The smallest absolute Gasteiger partial charge is 0.330 e. The zero-order valence-electron chi connectivity index (χ0n) is 26.2. The number of aryl methyl sites for hydroxylation is 1. The van der Waals surface area contributed by atoms with E-state index in [1.807, 2.05) is 37.3 Å². The fraction of sp³-hybridized carbons (Fsp3) is 0.389. The van der Waals surface area contributed by atoms with Gasteiger partial charge in [0.25, 0.3) is 0 Å². The van der Waals surface area contributed by atoms with Crippen molar-refractivity contribution in [1.82, 2.24) is 9.80 Å². The Morgan fingerprint density at radius 2 is 1.84 bits per heavy atom. The molecule has 0 spiro atoms.